The third-order valence-electron chi connectivity index (χ3n) is 12.8. The number of amides is 10. The molecular formula is C51H76N16O10. The van der Waals surface area contributed by atoms with E-state index in [0.717, 1.165) is 5.56 Å². The van der Waals surface area contributed by atoms with Crippen LogP contribution in [-0.4, -0.2) is 144 Å². The molecule has 26 heteroatoms. The van der Waals surface area contributed by atoms with E-state index in [4.69, 9.17) is 34.4 Å². The lowest BCUT2D eigenvalue weighted by molar-refractivity contribution is -0.142. The summed E-state index contributed by atoms with van der Waals surface area (Å²) < 4.78 is 0. The van der Waals surface area contributed by atoms with E-state index in [-0.39, 0.29) is 101 Å². The van der Waals surface area contributed by atoms with Gasteiger partial charge in [-0.25, -0.2) is 0 Å². The van der Waals surface area contributed by atoms with Gasteiger partial charge in [0.2, 0.25) is 59.1 Å². The van der Waals surface area contributed by atoms with Gasteiger partial charge in [0.05, 0.1) is 6.42 Å². The van der Waals surface area contributed by atoms with Gasteiger partial charge in [-0.1, -0.05) is 74.5 Å². The summed E-state index contributed by atoms with van der Waals surface area (Å²) in [5.74, 6) is -7.85. The zero-order valence-corrected chi connectivity index (χ0v) is 43.7. The minimum absolute atomic E-state index is 0.0342. The molecule has 0 bridgehead atoms. The maximum atomic E-state index is 14.7. The molecule has 10 amide bonds. The number of rotatable bonds is 30. The SMILES string of the molecule is CC(C)C[C@H](NC(=O)[C@H](Cc1ccccc1)NC(=O)[C@H]1CCCC(=O)N1)C(=O)N[C@@H](Cc1ccccc1)C(=O)N[C@@H](CCCN=C(N)N)C(=O)N1CCC[C@H]1C(=O)N[C@@H](CCCN=C(N)N)C(=O)N[C@@H](CC(N)=O)C(N)=O. The average molecular weight is 1070 g/mol. The van der Waals surface area contributed by atoms with Gasteiger partial charge in [-0.2, -0.15) is 0 Å². The van der Waals surface area contributed by atoms with Crippen LogP contribution in [-0.2, 0) is 60.8 Å². The molecule has 8 atom stereocenters. The predicted octanol–water partition coefficient (Wildman–Crippen LogP) is -3.45. The predicted molar refractivity (Wildman–Crippen MR) is 285 cm³/mol. The van der Waals surface area contributed by atoms with Crippen LogP contribution in [0.4, 0.5) is 0 Å². The Morgan fingerprint density at radius 2 is 1.08 bits per heavy atom. The number of carbonyl (C=O) groups excluding carboxylic acids is 10. The van der Waals surface area contributed by atoms with Crippen LogP contribution in [0.5, 0.6) is 0 Å². The number of nitrogens with one attached hydrogen (secondary N) is 7. The molecule has 19 N–H and O–H groups in total. The number of piperidine rings is 1. The number of hydrogen-bond donors (Lipinski definition) is 13. The van der Waals surface area contributed by atoms with Crippen LogP contribution in [0.25, 0.3) is 0 Å². The average Bonchev–Trinajstić information content (AvgIpc) is 3.88. The summed E-state index contributed by atoms with van der Waals surface area (Å²) in [5, 5.41) is 18.9. The molecule has 0 saturated carbocycles. The molecule has 2 heterocycles. The highest BCUT2D eigenvalue weighted by Gasteiger charge is 2.40. The van der Waals surface area contributed by atoms with Crippen molar-refractivity contribution in [3.05, 3.63) is 71.8 Å². The molecule has 2 aromatic rings. The normalized spacial score (nSPS) is 17.3. The third kappa shape index (κ3) is 21.1. The molecule has 0 spiro atoms. The van der Waals surface area contributed by atoms with Crippen molar-refractivity contribution >= 4 is 71.0 Å². The molecule has 0 aliphatic carbocycles. The fourth-order valence-electron chi connectivity index (χ4n) is 8.91. The van der Waals surface area contributed by atoms with Gasteiger partial charge >= 0.3 is 0 Å². The van der Waals surface area contributed by atoms with Gasteiger partial charge in [-0.3, -0.25) is 57.9 Å². The van der Waals surface area contributed by atoms with Crippen LogP contribution < -0.4 is 71.6 Å². The Morgan fingerprint density at radius 3 is 1.60 bits per heavy atom. The van der Waals surface area contributed by atoms with Gasteiger partial charge in [0.15, 0.2) is 11.9 Å². The summed E-state index contributed by atoms with van der Waals surface area (Å²) in [4.78, 5) is 145. The molecule has 0 unspecified atom stereocenters. The molecule has 77 heavy (non-hydrogen) atoms. The van der Waals surface area contributed by atoms with Crippen LogP contribution >= 0.6 is 0 Å². The number of primary amides is 2. The zero-order valence-electron chi connectivity index (χ0n) is 43.7. The molecule has 2 fully saturated rings. The van der Waals surface area contributed by atoms with E-state index in [2.05, 4.69) is 47.2 Å². The van der Waals surface area contributed by atoms with Crippen molar-refractivity contribution in [2.24, 2.45) is 50.3 Å². The van der Waals surface area contributed by atoms with Gasteiger partial charge in [0, 0.05) is 38.9 Å². The summed E-state index contributed by atoms with van der Waals surface area (Å²) in [6.07, 6.45) is 1.42. The van der Waals surface area contributed by atoms with Crippen LogP contribution in [0.1, 0.15) is 95.6 Å². The van der Waals surface area contributed by atoms with Crippen molar-refractivity contribution in [3.8, 4) is 0 Å². The Morgan fingerprint density at radius 1 is 0.597 bits per heavy atom. The van der Waals surface area contributed by atoms with Crippen LogP contribution in [0.2, 0.25) is 0 Å². The lowest BCUT2D eigenvalue weighted by Crippen LogP contribution is -2.61. The zero-order chi connectivity index (χ0) is 56.6. The Kier molecular flexibility index (Phi) is 24.6. The van der Waals surface area contributed by atoms with Crippen LogP contribution in [0, 0.1) is 5.92 Å². The van der Waals surface area contributed by atoms with Gasteiger partial charge in [-0.15, -0.1) is 0 Å². The minimum atomic E-state index is -1.49. The quantitative estimate of drug-likeness (QED) is 0.0206. The molecule has 2 saturated heterocycles. The van der Waals surface area contributed by atoms with E-state index >= 15 is 0 Å². The first kappa shape index (κ1) is 61.2. The summed E-state index contributed by atoms with van der Waals surface area (Å²) in [6, 6.07) is 7.84. The third-order valence-corrected chi connectivity index (χ3v) is 12.8. The second-order valence-electron chi connectivity index (χ2n) is 19.5. The molecule has 420 valence electrons. The Balaban J connectivity index is 1.61. The molecule has 0 radical (unpaired) electrons. The Bertz CT molecular complexity index is 2430. The Labute approximate surface area is 447 Å². The fraction of sp³-hybridized carbons (Fsp3) is 0.529. The molecule has 26 nitrogen and oxygen atoms in total. The van der Waals surface area contributed by atoms with Crippen LogP contribution in [0.3, 0.4) is 0 Å². The van der Waals surface area contributed by atoms with Crippen molar-refractivity contribution in [3.63, 3.8) is 0 Å². The van der Waals surface area contributed by atoms with E-state index in [0.29, 0.717) is 24.8 Å². The smallest absolute Gasteiger partial charge is 0.245 e. The first-order valence-electron chi connectivity index (χ1n) is 25.8. The topological polar surface area (TPSA) is 439 Å². The lowest BCUT2D eigenvalue weighted by Gasteiger charge is -2.31. The number of nitrogens with two attached hydrogens (primary N) is 6. The van der Waals surface area contributed by atoms with Crippen molar-refractivity contribution < 1.29 is 47.9 Å². The standard InChI is InChI=1S/C51H76N16O10/c1-29(2)25-36(64-47(75)38(27-31-15-7-4-8-16-31)65-43(71)32-17-9-21-41(69)60-32)45(73)66-37(26-30-13-5-3-6-14-30)46(74)62-34(19-11-23-59-51(56)57)49(77)67-24-12-20-39(67)48(76)61-33(18-10-22-58-50(54)55)44(72)63-35(42(53)70)28-40(52)68/h3-8,13-16,29,32-39H,9-12,17-28H2,1-2H3,(H2,52,68)(H2,53,70)(H,60,69)(H,61,76)(H,62,74)(H,63,72)(H,64,75)(H,65,71)(H,66,73)(H4,54,55,58)(H4,56,57,59)/t32-,33+,34+,35+,36+,37+,38+,39+/m1/s1. The summed E-state index contributed by atoms with van der Waals surface area (Å²) in [7, 11) is 0. The number of hydrogen-bond acceptors (Lipinski definition) is 12. The first-order valence-corrected chi connectivity index (χ1v) is 25.8. The highest BCUT2D eigenvalue weighted by molar-refractivity contribution is 5.99. The number of guanidine groups is 2. The highest BCUT2D eigenvalue weighted by atomic mass is 16.2. The van der Waals surface area contributed by atoms with Crippen molar-refractivity contribution in [1.82, 2.24) is 42.1 Å². The van der Waals surface area contributed by atoms with E-state index in [9.17, 15) is 47.9 Å². The molecule has 2 aromatic carbocycles. The fourth-order valence-corrected chi connectivity index (χ4v) is 8.91. The summed E-state index contributed by atoms with van der Waals surface area (Å²) in [6.45, 7) is 3.88. The second kappa shape index (κ2) is 30.9. The molecule has 2 aliphatic heterocycles. The van der Waals surface area contributed by atoms with E-state index in [1.807, 2.05) is 13.8 Å². The molecular weight excluding hydrogens is 997 g/mol. The van der Waals surface area contributed by atoms with E-state index < -0.39 is 108 Å². The summed E-state index contributed by atoms with van der Waals surface area (Å²) >= 11 is 0. The van der Waals surface area contributed by atoms with Gasteiger partial charge in [-0.05, 0) is 74.8 Å². The monoisotopic (exact) mass is 1070 g/mol. The largest absolute Gasteiger partial charge is 0.370 e. The van der Waals surface area contributed by atoms with E-state index in [1.165, 1.54) is 4.90 Å². The molecule has 2 aliphatic rings. The van der Waals surface area contributed by atoms with E-state index in [1.54, 1.807) is 60.7 Å². The second-order valence-corrected chi connectivity index (χ2v) is 19.5. The first-order chi connectivity index (χ1) is 36.6. The minimum Gasteiger partial charge on any atom is -0.370 e. The molecule has 0 aromatic heterocycles. The van der Waals surface area contributed by atoms with Crippen molar-refractivity contribution in [1.29, 1.82) is 0 Å². The number of aliphatic imine (C=N–C) groups is 2. The lowest BCUT2D eigenvalue weighted by atomic mass is 9.99. The van der Waals surface area contributed by atoms with Gasteiger partial charge in [0.1, 0.15) is 48.3 Å². The van der Waals surface area contributed by atoms with Crippen molar-refractivity contribution in [2.75, 3.05) is 19.6 Å². The molecule has 4 rings (SSSR count). The summed E-state index contributed by atoms with van der Waals surface area (Å²) in [5.41, 5.74) is 34.1. The maximum Gasteiger partial charge on any atom is 0.245 e. The maximum absolute atomic E-state index is 14.7. The number of benzene rings is 2. The number of nitrogens with zero attached hydrogens (tertiary/aromatic N) is 3. The number of carbonyl (C=O) groups is 10. The van der Waals surface area contributed by atoms with Crippen molar-refractivity contribution in [2.45, 2.75) is 146 Å². The van der Waals surface area contributed by atoms with Gasteiger partial charge < -0.3 is 76.5 Å². The van der Waals surface area contributed by atoms with Gasteiger partial charge in [0.25, 0.3) is 0 Å². The van der Waals surface area contributed by atoms with Crippen LogP contribution in [0.15, 0.2) is 70.6 Å². The highest BCUT2D eigenvalue weighted by Crippen LogP contribution is 2.21. The Hall–Kier alpha value is -8.32. The number of likely N-dealkylation sites (tertiary alicyclic amines) is 1.